The Morgan fingerprint density at radius 2 is 1.83 bits per heavy atom. The molecule has 0 saturated carbocycles. The summed E-state index contributed by atoms with van der Waals surface area (Å²) in [6.45, 7) is 6.51. The quantitative estimate of drug-likeness (QED) is 0.774. The van der Waals surface area contributed by atoms with Gasteiger partial charge in [-0.3, -0.25) is 20.2 Å². The molecular weight excluding hydrogens is 302 g/mol. The van der Waals surface area contributed by atoms with Crippen LogP contribution in [-0.2, 0) is 5.41 Å². The molecular formula is C18H19N5O. The zero-order valence-electron chi connectivity index (χ0n) is 13.9. The van der Waals surface area contributed by atoms with Gasteiger partial charge in [-0.05, 0) is 23.1 Å². The minimum absolute atomic E-state index is 0.0990. The van der Waals surface area contributed by atoms with Crippen LogP contribution < -0.4 is 5.32 Å². The lowest BCUT2D eigenvalue weighted by Gasteiger charge is -2.18. The Hall–Kier alpha value is -3.02. The summed E-state index contributed by atoms with van der Waals surface area (Å²) in [5, 5.41) is 9.50. The molecule has 0 bridgehead atoms. The Morgan fingerprint density at radius 1 is 1.08 bits per heavy atom. The maximum absolute atomic E-state index is 12.0. The lowest BCUT2D eigenvalue weighted by atomic mass is 9.87. The number of carbonyl (C=O) groups is 1. The lowest BCUT2D eigenvalue weighted by molar-refractivity contribution is 0.102. The van der Waals surface area contributed by atoms with E-state index in [1.807, 2.05) is 12.1 Å². The molecule has 0 aliphatic heterocycles. The molecule has 6 heteroatoms. The summed E-state index contributed by atoms with van der Waals surface area (Å²) in [5.74, 6) is 0.483. The van der Waals surface area contributed by atoms with Gasteiger partial charge >= 0.3 is 0 Å². The fourth-order valence-corrected chi connectivity index (χ4v) is 2.24. The normalized spacial score (nSPS) is 11.3. The van der Waals surface area contributed by atoms with Crippen molar-refractivity contribution in [2.75, 3.05) is 5.32 Å². The third-order valence-electron chi connectivity index (χ3n) is 3.63. The van der Waals surface area contributed by atoms with Gasteiger partial charge in [0.1, 0.15) is 5.69 Å². The molecule has 2 aromatic heterocycles. The van der Waals surface area contributed by atoms with E-state index in [-0.39, 0.29) is 17.3 Å². The lowest BCUT2D eigenvalue weighted by Crippen LogP contribution is -2.14. The van der Waals surface area contributed by atoms with Gasteiger partial charge in [-0.2, -0.15) is 4.98 Å². The third kappa shape index (κ3) is 3.48. The number of amides is 1. The summed E-state index contributed by atoms with van der Waals surface area (Å²) >= 11 is 0. The highest BCUT2D eigenvalue weighted by Gasteiger charge is 2.15. The van der Waals surface area contributed by atoms with Gasteiger partial charge in [-0.15, -0.1) is 5.10 Å². The van der Waals surface area contributed by atoms with Crippen molar-refractivity contribution in [2.45, 2.75) is 26.2 Å². The highest BCUT2D eigenvalue weighted by atomic mass is 16.2. The van der Waals surface area contributed by atoms with Gasteiger partial charge < -0.3 is 0 Å². The predicted octanol–water partition coefficient (Wildman–Crippen LogP) is 3.42. The van der Waals surface area contributed by atoms with Gasteiger partial charge in [-0.25, -0.2) is 0 Å². The number of aromatic amines is 1. The number of hydrogen-bond donors (Lipinski definition) is 2. The molecule has 122 valence electrons. The fraction of sp³-hybridized carbons (Fsp3) is 0.222. The average Bonchev–Trinajstić information content (AvgIpc) is 3.03. The van der Waals surface area contributed by atoms with Crippen LogP contribution in [0.15, 0.2) is 48.7 Å². The van der Waals surface area contributed by atoms with Crippen LogP contribution in [0, 0.1) is 0 Å². The zero-order chi connectivity index (χ0) is 17.2. The van der Waals surface area contributed by atoms with Gasteiger partial charge in [0.15, 0.2) is 5.82 Å². The molecule has 0 atom stereocenters. The largest absolute Gasteiger partial charge is 0.288 e. The second-order valence-electron chi connectivity index (χ2n) is 6.50. The number of rotatable bonds is 3. The van der Waals surface area contributed by atoms with Crippen molar-refractivity contribution in [3.05, 3.63) is 59.9 Å². The Morgan fingerprint density at radius 3 is 2.46 bits per heavy atom. The van der Waals surface area contributed by atoms with Crippen molar-refractivity contribution in [1.29, 1.82) is 0 Å². The standard InChI is InChI=1S/C18H19N5O/c1-18(2,3)13-9-7-12(8-10-13)15-20-17(23-22-15)21-16(24)14-6-4-5-11-19-14/h4-11H,1-3H3,(H2,20,21,22,23,24). The summed E-state index contributed by atoms with van der Waals surface area (Å²) in [5.41, 5.74) is 2.57. The Labute approximate surface area is 140 Å². The number of hydrogen-bond acceptors (Lipinski definition) is 4. The predicted molar refractivity (Wildman–Crippen MR) is 92.7 cm³/mol. The number of aromatic nitrogens is 4. The minimum atomic E-state index is -0.343. The first-order valence-corrected chi connectivity index (χ1v) is 7.69. The smallest absolute Gasteiger partial charge is 0.276 e. The first-order valence-electron chi connectivity index (χ1n) is 7.69. The molecule has 0 saturated heterocycles. The van der Waals surface area contributed by atoms with Gasteiger partial charge in [0, 0.05) is 11.8 Å². The van der Waals surface area contributed by atoms with Crippen LogP contribution in [0.1, 0.15) is 36.8 Å². The van der Waals surface area contributed by atoms with Crippen LogP contribution in [0.2, 0.25) is 0 Å². The Balaban J connectivity index is 1.75. The van der Waals surface area contributed by atoms with E-state index >= 15 is 0 Å². The minimum Gasteiger partial charge on any atom is -0.288 e. The zero-order valence-corrected chi connectivity index (χ0v) is 13.9. The third-order valence-corrected chi connectivity index (χ3v) is 3.63. The van der Waals surface area contributed by atoms with Crippen LogP contribution in [0.4, 0.5) is 5.95 Å². The van der Waals surface area contributed by atoms with E-state index in [1.165, 1.54) is 5.56 Å². The summed E-state index contributed by atoms with van der Waals surface area (Å²) in [6.07, 6.45) is 1.56. The van der Waals surface area contributed by atoms with E-state index in [0.717, 1.165) is 5.56 Å². The summed E-state index contributed by atoms with van der Waals surface area (Å²) in [6, 6.07) is 13.3. The van der Waals surface area contributed by atoms with Gasteiger partial charge in [0.05, 0.1) is 0 Å². The first kappa shape index (κ1) is 15.9. The van der Waals surface area contributed by atoms with Crippen LogP contribution >= 0.6 is 0 Å². The van der Waals surface area contributed by atoms with Crippen LogP contribution in [0.25, 0.3) is 11.4 Å². The van der Waals surface area contributed by atoms with Crippen molar-refractivity contribution in [3.63, 3.8) is 0 Å². The molecule has 2 heterocycles. The average molecular weight is 321 g/mol. The number of benzene rings is 1. The maximum atomic E-state index is 12.0. The Kier molecular flexibility index (Phi) is 4.12. The van der Waals surface area contributed by atoms with Crippen molar-refractivity contribution in [1.82, 2.24) is 20.2 Å². The van der Waals surface area contributed by atoms with Gasteiger partial charge in [0.2, 0.25) is 5.95 Å². The van der Waals surface area contributed by atoms with E-state index in [4.69, 9.17) is 0 Å². The molecule has 1 aromatic carbocycles. The first-order chi connectivity index (χ1) is 11.4. The van der Waals surface area contributed by atoms with E-state index < -0.39 is 0 Å². The Bertz CT molecular complexity index is 832. The number of carbonyl (C=O) groups excluding carboxylic acids is 1. The molecule has 2 N–H and O–H groups in total. The molecule has 0 radical (unpaired) electrons. The highest BCUT2D eigenvalue weighted by molar-refractivity contribution is 6.01. The van der Waals surface area contributed by atoms with Crippen molar-refractivity contribution in [2.24, 2.45) is 0 Å². The molecule has 0 unspecified atom stereocenters. The molecule has 6 nitrogen and oxygen atoms in total. The van der Waals surface area contributed by atoms with Gasteiger partial charge in [0.25, 0.3) is 5.91 Å². The number of pyridine rings is 1. The second-order valence-corrected chi connectivity index (χ2v) is 6.50. The number of nitrogens with one attached hydrogen (secondary N) is 2. The van der Waals surface area contributed by atoms with Crippen LogP contribution in [0.3, 0.4) is 0 Å². The van der Waals surface area contributed by atoms with E-state index in [1.54, 1.807) is 24.4 Å². The summed E-state index contributed by atoms with van der Waals surface area (Å²) in [7, 11) is 0. The molecule has 0 fully saturated rings. The van der Waals surface area contributed by atoms with Crippen molar-refractivity contribution in [3.8, 4) is 11.4 Å². The highest BCUT2D eigenvalue weighted by Crippen LogP contribution is 2.25. The molecule has 3 aromatic rings. The summed E-state index contributed by atoms with van der Waals surface area (Å²) in [4.78, 5) is 20.4. The van der Waals surface area contributed by atoms with Crippen LogP contribution in [-0.4, -0.2) is 26.1 Å². The molecule has 0 spiro atoms. The molecule has 24 heavy (non-hydrogen) atoms. The fourth-order valence-electron chi connectivity index (χ4n) is 2.24. The molecule has 0 aliphatic rings. The molecule has 3 rings (SSSR count). The number of nitrogens with zero attached hydrogens (tertiary/aromatic N) is 3. The number of H-pyrrole nitrogens is 1. The monoisotopic (exact) mass is 321 g/mol. The molecule has 0 aliphatic carbocycles. The topological polar surface area (TPSA) is 83.6 Å². The maximum Gasteiger partial charge on any atom is 0.276 e. The van der Waals surface area contributed by atoms with Crippen molar-refractivity contribution >= 4 is 11.9 Å². The SMILES string of the molecule is CC(C)(C)c1ccc(-c2nc(NC(=O)c3ccccn3)n[nH]2)cc1. The number of anilines is 1. The van der Waals surface area contributed by atoms with Crippen LogP contribution in [0.5, 0.6) is 0 Å². The summed E-state index contributed by atoms with van der Waals surface area (Å²) < 4.78 is 0. The molecule has 1 amide bonds. The van der Waals surface area contributed by atoms with E-state index in [2.05, 4.69) is 58.4 Å². The van der Waals surface area contributed by atoms with E-state index in [0.29, 0.717) is 11.5 Å². The van der Waals surface area contributed by atoms with E-state index in [9.17, 15) is 4.79 Å². The second kappa shape index (κ2) is 6.23. The van der Waals surface area contributed by atoms with Crippen molar-refractivity contribution < 1.29 is 4.79 Å². The van der Waals surface area contributed by atoms with Gasteiger partial charge in [-0.1, -0.05) is 51.1 Å².